The van der Waals surface area contributed by atoms with Crippen LogP contribution in [0.25, 0.3) is 0 Å². The number of aliphatic carboxylic acids is 1. The maximum Gasteiger partial charge on any atom is 0.326 e. The first-order valence-electron chi connectivity index (χ1n) is 6.38. The molecule has 0 spiro atoms. The number of pyridine rings is 1. The molecule has 1 amide bonds. The fourth-order valence-corrected chi connectivity index (χ4v) is 1.76. The van der Waals surface area contributed by atoms with Crippen LogP contribution in [0.4, 0.5) is 0 Å². The zero-order valence-corrected chi connectivity index (χ0v) is 11.5. The number of hydrogen-bond donors (Lipinski definition) is 2. The smallest absolute Gasteiger partial charge is 0.326 e. The van der Waals surface area contributed by atoms with Crippen LogP contribution in [0.5, 0.6) is 0 Å². The normalized spacial score (nSPS) is 13.6. The molecule has 0 aliphatic rings. The van der Waals surface area contributed by atoms with E-state index in [2.05, 4.69) is 10.3 Å². The third-order valence-corrected chi connectivity index (χ3v) is 3.24. The van der Waals surface area contributed by atoms with Crippen LogP contribution in [-0.4, -0.2) is 28.0 Å². The van der Waals surface area contributed by atoms with Crippen LogP contribution in [0, 0.1) is 12.8 Å². The number of carboxylic acids is 1. The van der Waals surface area contributed by atoms with Gasteiger partial charge in [0.1, 0.15) is 6.04 Å². The Morgan fingerprint density at radius 1 is 1.47 bits per heavy atom. The largest absolute Gasteiger partial charge is 0.480 e. The highest BCUT2D eigenvalue weighted by Crippen LogP contribution is 2.09. The number of aromatic nitrogens is 1. The van der Waals surface area contributed by atoms with Crippen molar-refractivity contribution in [2.45, 2.75) is 39.7 Å². The van der Waals surface area contributed by atoms with Crippen molar-refractivity contribution in [1.82, 2.24) is 10.3 Å². The predicted molar refractivity (Wildman–Crippen MR) is 71.7 cm³/mol. The summed E-state index contributed by atoms with van der Waals surface area (Å²) in [4.78, 5) is 27.1. The van der Waals surface area contributed by atoms with Gasteiger partial charge in [-0.15, -0.1) is 0 Å². The summed E-state index contributed by atoms with van der Waals surface area (Å²) in [7, 11) is 0. The number of nitrogens with zero attached hydrogens (tertiary/aromatic N) is 1. The molecule has 5 nitrogen and oxygen atoms in total. The Hall–Kier alpha value is -1.91. The molecule has 1 aromatic heterocycles. The van der Waals surface area contributed by atoms with Gasteiger partial charge in [-0.05, 0) is 24.5 Å². The van der Waals surface area contributed by atoms with Gasteiger partial charge in [0, 0.05) is 6.20 Å². The first-order valence-corrected chi connectivity index (χ1v) is 6.38. The summed E-state index contributed by atoms with van der Waals surface area (Å²) in [6.45, 7) is 5.58. The van der Waals surface area contributed by atoms with Gasteiger partial charge in [0.05, 0.1) is 12.1 Å². The lowest BCUT2D eigenvalue weighted by molar-refractivity contribution is -0.143. The van der Waals surface area contributed by atoms with Crippen LogP contribution < -0.4 is 5.32 Å². The molecule has 2 N–H and O–H groups in total. The number of carbonyl (C=O) groups is 2. The second-order valence-corrected chi connectivity index (χ2v) is 4.71. The molecule has 0 bridgehead atoms. The van der Waals surface area contributed by atoms with Gasteiger partial charge >= 0.3 is 5.97 Å². The number of nitrogens with one attached hydrogen (secondary N) is 1. The molecular formula is C14H20N2O3. The first kappa shape index (κ1) is 15.1. The van der Waals surface area contributed by atoms with Gasteiger partial charge in [0.2, 0.25) is 5.91 Å². The molecule has 1 rings (SSSR count). The number of carbonyl (C=O) groups excluding carboxylic acids is 1. The van der Waals surface area contributed by atoms with Gasteiger partial charge in [-0.1, -0.05) is 26.3 Å². The van der Waals surface area contributed by atoms with Crippen LogP contribution in [-0.2, 0) is 16.0 Å². The molecule has 5 heteroatoms. The average Bonchev–Trinajstić information content (AvgIpc) is 2.37. The Balaban J connectivity index is 2.68. The number of amides is 1. The second-order valence-electron chi connectivity index (χ2n) is 4.71. The Morgan fingerprint density at radius 3 is 2.68 bits per heavy atom. The summed E-state index contributed by atoms with van der Waals surface area (Å²) in [5.41, 5.74) is 1.60. The summed E-state index contributed by atoms with van der Waals surface area (Å²) in [6.07, 6.45) is 2.42. The number of aryl methyl sites for hydroxylation is 1. The molecule has 2 atom stereocenters. The van der Waals surface area contributed by atoms with E-state index in [0.29, 0.717) is 12.1 Å². The van der Waals surface area contributed by atoms with Crippen molar-refractivity contribution < 1.29 is 14.7 Å². The maximum atomic E-state index is 11.9. The number of hydrogen-bond acceptors (Lipinski definition) is 3. The minimum atomic E-state index is -1.000. The minimum Gasteiger partial charge on any atom is -0.480 e. The average molecular weight is 264 g/mol. The lowest BCUT2D eigenvalue weighted by Crippen LogP contribution is -2.45. The standard InChI is InChI=1S/C14H20N2O3/c1-4-9(2)13(14(18)19)16-12(17)8-11-10(3)6-5-7-15-11/h5-7,9,13H,4,8H2,1-3H3,(H,16,17)(H,18,19)/t9?,13-/m0/s1. The fraction of sp³-hybridized carbons (Fsp3) is 0.500. The van der Waals surface area contributed by atoms with E-state index in [4.69, 9.17) is 5.11 Å². The van der Waals surface area contributed by atoms with Crippen LogP contribution in [0.3, 0.4) is 0 Å². The van der Waals surface area contributed by atoms with E-state index < -0.39 is 12.0 Å². The summed E-state index contributed by atoms with van der Waals surface area (Å²) >= 11 is 0. The van der Waals surface area contributed by atoms with E-state index in [1.165, 1.54) is 0 Å². The van der Waals surface area contributed by atoms with E-state index in [0.717, 1.165) is 5.56 Å². The monoisotopic (exact) mass is 264 g/mol. The molecule has 0 aliphatic heterocycles. The van der Waals surface area contributed by atoms with E-state index in [-0.39, 0.29) is 18.2 Å². The lowest BCUT2D eigenvalue weighted by Gasteiger charge is -2.20. The summed E-state index contributed by atoms with van der Waals surface area (Å²) in [5.74, 6) is -1.42. The molecule has 0 radical (unpaired) electrons. The van der Waals surface area contributed by atoms with Gasteiger partial charge < -0.3 is 10.4 Å². The third-order valence-electron chi connectivity index (χ3n) is 3.24. The Bertz CT molecular complexity index is 460. The zero-order valence-electron chi connectivity index (χ0n) is 11.5. The van der Waals surface area contributed by atoms with Crippen molar-refractivity contribution in [3.63, 3.8) is 0 Å². The SMILES string of the molecule is CCC(C)[C@H](NC(=O)Cc1ncccc1C)C(=O)O. The Labute approximate surface area is 113 Å². The molecule has 0 aromatic carbocycles. The highest BCUT2D eigenvalue weighted by Gasteiger charge is 2.25. The molecule has 104 valence electrons. The van der Waals surface area contributed by atoms with Crippen molar-refractivity contribution in [3.8, 4) is 0 Å². The molecule has 0 aliphatic carbocycles. The maximum absolute atomic E-state index is 11.9. The van der Waals surface area contributed by atoms with Crippen LogP contribution in [0.15, 0.2) is 18.3 Å². The van der Waals surface area contributed by atoms with E-state index >= 15 is 0 Å². The van der Waals surface area contributed by atoms with Crippen LogP contribution >= 0.6 is 0 Å². The van der Waals surface area contributed by atoms with Crippen molar-refractivity contribution >= 4 is 11.9 Å². The summed E-state index contributed by atoms with van der Waals surface area (Å²) in [5, 5.41) is 11.7. The quantitative estimate of drug-likeness (QED) is 0.817. The van der Waals surface area contributed by atoms with Crippen molar-refractivity contribution in [2.75, 3.05) is 0 Å². The van der Waals surface area contributed by atoms with E-state index in [9.17, 15) is 9.59 Å². The zero-order chi connectivity index (χ0) is 14.4. The van der Waals surface area contributed by atoms with E-state index in [1.807, 2.05) is 26.8 Å². The fourth-order valence-electron chi connectivity index (χ4n) is 1.76. The van der Waals surface area contributed by atoms with Crippen LogP contribution in [0.1, 0.15) is 31.5 Å². The molecule has 0 fully saturated rings. The van der Waals surface area contributed by atoms with Gasteiger partial charge in [-0.25, -0.2) is 4.79 Å². The first-order chi connectivity index (χ1) is 8.95. The second kappa shape index (κ2) is 6.87. The van der Waals surface area contributed by atoms with Crippen molar-refractivity contribution in [1.29, 1.82) is 0 Å². The molecule has 1 aromatic rings. The minimum absolute atomic E-state index is 0.104. The predicted octanol–water partition coefficient (Wildman–Crippen LogP) is 1.55. The molecule has 1 unspecified atom stereocenters. The lowest BCUT2D eigenvalue weighted by atomic mass is 9.99. The van der Waals surface area contributed by atoms with E-state index in [1.54, 1.807) is 12.3 Å². The van der Waals surface area contributed by atoms with Crippen molar-refractivity contribution in [3.05, 3.63) is 29.6 Å². The highest BCUT2D eigenvalue weighted by atomic mass is 16.4. The molecule has 0 saturated heterocycles. The Kier molecular flexibility index (Phi) is 5.48. The van der Waals surface area contributed by atoms with Crippen molar-refractivity contribution in [2.24, 2.45) is 5.92 Å². The molecule has 0 saturated carbocycles. The Morgan fingerprint density at radius 2 is 2.16 bits per heavy atom. The molecule has 19 heavy (non-hydrogen) atoms. The van der Waals surface area contributed by atoms with Gasteiger partial charge in [0.15, 0.2) is 0 Å². The van der Waals surface area contributed by atoms with Gasteiger partial charge in [0.25, 0.3) is 0 Å². The van der Waals surface area contributed by atoms with Gasteiger partial charge in [-0.3, -0.25) is 9.78 Å². The third kappa shape index (κ3) is 4.35. The highest BCUT2D eigenvalue weighted by molar-refractivity contribution is 5.84. The number of carboxylic acid groups (broad SMARTS) is 1. The molecule has 1 heterocycles. The molecular weight excluding hydrogens is 244 g/mol. The topological polar surface area (TPSA) is 79.3 Å². The summed E-state index contributed by atoms with van der Waals surface area (Å²) < 4.78 is 0. The summed E-state index contributed by atoms with van der Waals surface area (Å²) in [6, 6.07) is 2.83. The van der Waals surface area contributed by atoms with Gasteiger partial charge in [-0.2, -0.15) is 0 Å². The number of rotatable bonds is 6. The van der Waals surface area contributed by atoms with Crippen LogP contribution in [0.2, 0.25) is 0 Å².